The highest BCUT2D eigenvalue weighted by molar-refractivity contribution is 5.62. The second kappa shape index (κ2) is 10.3. The number of aromatic nitrogens is 1. The first-order chi connectivity index (χ1) is 14.8. The molecule has 2 aromatic carbocycles. The van der Waals surface area contributed by atoms with Gasteiger partial charge in [0.1, 0.15) is 11.4 Å². The molecule has 0 radical (unpaired) electrons. The molecule has 158 valence electrons. The molecule has 0 bridgehead atoms. The van der Waals surface area contributed by atoms with E-state index in [1.165, 1.54) is 37.9 Å². The van der Waals surface area contributed by atoms with E-state index in [1.54, 1.807) is 7.11 Å². The molecule has 0 N–H and O–H groups in total. The van der Waals surface area contributed by atoms with Gasteiger partial charge in [-0.15, -0.1) is 0 Å². The maximum Gasteiger partial charge on any atom is 0.228 e. The molecule has 0 aliphatic carbocycles. The van der Waals surface area contributed by atoms with E-state index < -0.39 is 0 Å². The Hall–Kier alpha value is -2.79. The summed E-state index contributed by atoms with van der Waals surface area (Å²) >= 11 is 0. The predicted molar refractivity (Wildman–Crippen MR) is 121 cm³/mol. The molecule has 0 spiro atoms. The molecular weight excluding hydrogens is 374 g/mol. The summed E-state index contributed by atoms with van der Waals surface area (Å²) in [7, 11) is 1.70. The van der Waals surface area contributed by atoms with E-state index in [1.807, 2.05) is 30.3 Å². The number of hydrogen-bond acceptors (Lipinski definition) is 5. The van der Waals surface area contributed by atoms with Crippen LogP contribution in [0.4, 0.5) is 5.88 Å². The first-order valence-corrected chi connectivity index (χ1v) is 10.9. The molecule has 1 fully saturated rings. The van der Waals surface area contributed by atoms with Crippen LogP contribution < -0.4 is 9.64 Å². The lowest BCUT2D eigenvalue weighted by molar-refractivity contribution is 0.226. The summed E-state index contributed by atoms with van der Waals surface area (Å²) < 4.78 is 11.1. The van der Waals surface area contributed by atoms with E-state index in [4.69, 9.17) is 9.26 Å². The number of rotatable bonds is 9. The van der Waals surface area contributed by atoms with Gasteiger partial charge in [-0.05, 0) is 56.6 Å². The molecule has 3 aromatic rings. The molecule has 0 atom stereocenters. The van der Waals surface area contributed by atoms with Crippen molar-refractivity contribution in [3.05, 3.63) is 66.2 Å². The van der Waals surface area contributed by atoms with Gasteiger partial charge in [-0.1, -0.05) is 54.0 Å². The van der Waals surface area contributed by atoms with Crippen molar-refractivity contribution in [2.24, 2.45) is 0 Å². The summed E-state index contributed by atoms with van der Waals surface area (Å²) in [6, 6.07) is 20.5. The quantitative estimate of drug-likeness (QED) is 0.487. The van der Waals surface area contributed by atoms with E-state index in [9.17, 15) is 0 Å². The second-order valence-corrected chi connectivity index (χ2v) is 7.94. The smallest absolute Gasteiger partial charge is 0.228 e. The van der Waals surface area contributed by atoms with Gasteiger partial charge in [-0.25, -0.2) is 0 Å². The zero-order chi connectivity index (χ0) is 20.6. The average molecular weight is 406 g/mol. The monoisotopic (exact) mass is 405 g/mol. The summed E-state index contributed by atoms with van der Waals surface area (Å²) in [4.78, 5) is 4.88. The molecule has 1 aromatic heterocycles. The lowest BCUT2D eigenvalue weighted by atomic mass is 10.1. The van der Waals surface area contributed by atoms with Gasteiger partial charge >= 0.3 is 0 Å². The summed E-state index contributed by atoms with van der Waals surface area (Å²) in [5, 5.41) is 4.33. The highest BCUT2D eigenvalue weighted by atomic mass is 16.5. The van der Waals surface area contributed by atoms with Gasteiger partial charge in [0.15, 0.2) is 0 Å². The van der Waals surface area contributed by atoms with Crippen molar-refractivity contribution in [3.63, 3.8) is 0 Å². The third-order valence-corrected chi connectivity index (χ3v) is 5.76. The molecule has 1 aliphatic rings. The lowest BCUT2D eigenvalue weighted by Gasteiger charge is -2.28. The largest absolute Gasteiger partial charge is 0.497 e. The zero-order valence-electron chi connectivity index (χ0n) is 17.8. The number of nitrogens with zero attached hydrogens (tertiary/aromatic N) is 3. The van der Waals surface area contributed by atoms with Crippen LogP contribution in [0.25, 0.3) is 11.3 Å². The van der Waals surface area contributed by atoms with Gasteiger partial charge in [0, 0.05) is 24.7 Å². The zero-order valence-corrected chi connectivity index (χ0v) is 17.8. The number of methoxy groups -OCH3 is 1. The fourth-order valence-corrected chi connectivity index (χ4v) is 4.05. The van der Waals surface area contributed by atoms with E-state index >= 15 is 0 Å². The van der Waals surface area contributed by atoms with Crippen molar-refractivity contribution < 1.29 is 9.26 Å². The normalized spacial score (nSPS) is 14.6. The Morgan fingerprint density at radius 3 is 2.50 bits per heavy atom. The lowest BCUT2D eigenvalue weighted by Crippen LogP contribution is -2.33. The highest BCUT2D eigenvalue weighted by Gasteiger charge is 2.16. The van der Waals surface area contributed by atoms with Crippen molar-refractivity contribution in [3.8, 4) is 17.0 Å². The molecule has 5 heteroatoms. The van der Waals surface area contributed by atoms with E-state index in [2.05, 4.69) is 45.3 Å². The van der Waals surface area contributed by atoms with Gasteiger partial charge < -0.3 is 19.1 Å². The molecular formula is C25H31N3O2. The number of ether oxygens (including phenoxy) is 1. The van der Waals surface area contributed by atoms with Crippen LogP contribution in [0.15, 0.2) is 65.2 Å². The van der Waals surface area contributed by atoms with E-state index in [0.717, 1.165) is 48.9 Å². The topological polar surface area (TPSA) is 41.7 Å². The minimum absolute atomic E-state index is 0.785. The van der Waals surface area contributed by atoms with Crippen LogP contribution in [-0.2, 0) is 6.54 Å². The predicted octanol–water partition coefficient (Wildman–Crippen LogP) is 5.23. The van der Waals surface area contributed by atoms with Gasteiger partial charge in [-0.3, -0.25) is 0 Å². The van der Waals surface area contributed by atoms with Crippen molar-refractivity contribution >= 4 is 5.88 Å². The van der Waals surface area contributed by atoms with Crippen LogP contribution in [0.1, 0.15) is 31.2 Å². The Balaban J connectivity index is 1.46. The molecule has 30 heavy (non-hydrogen) atoms. The maximum atomic E-state index is 5.78. The van der Waals surface area contributed by atoms with Crippen molar-refractivity contribution in [1.29, 1.82) is 0 Å². The van der Waals surface area contributed by atoms with Crippen molar-refractivity contribution in [2.75, 3.05) is 38.2 Å². The van der Waals surface area contributed by atoms with Gasteiger partial charge in [0.05, 0.1) is 7.11 Å². The minimum atomic E-state index is 0.785. The van der Waals surface area contributed by atoms with E-state index in [-0.39, 0.29) is 0 Å². The van der Waals surface area contributed by atoms with Crippen molar-refractivity contribution in [2.45, 2.75) is 32.2 Å². The Morgan fingerprint density at radius 1 is 1.00 bits per heavy atom. The van der Waals surface area contributed by atoms with Gasteiger partial charge in [0.25, 0.3) is 0 Å². The standard InChI is InChI=1S/C25H31N3O2/c1-29-23-13-11-21(12-14-23)20-28(18-8-17-27-15-6-3-7-16-27)25-19-24(26-30-25)22-9-4-2-5-10-22/h2,4-5,9-14,19H,3,6-8,15-18,20H2,1H3. The minimum Gasteiger partial charge on any atom is -0.497 e. The number of piperidine rings is 1. The third kappa shape index (κ3) is 5.42. The van der Waals surface area contributed by atoms with Gasteiger partial charge in [-0.2, -0.15) is 0 Å². The van der Waals surface area contributed by atoms with Crippen LogP contribution in [-0.4, -0.2) is 43.3 Å². The molecule has 1 aliphatic heterocycles. The fourth-order valence-electron chi connectivity index (χ4n) is 4.05. The number of benzene rings is 2. The first kappa shape index (κ1) is 20.5. The SMILES string of the molecule is COc1ccc(CN(CCCN2CCCCC2)c2cc(-c3ccccc3)no2)cc1. The van der Waals surface area contributed by atoms with Crippen molar-refractivity contribution in [1.82, 2.24) is 10.1 Å². The summed E-state index contributed by atoms with van der Waals surface area (Å²) in [5.41, 5.74) is 3.18. The molecule has 5 nitrogen and oxygen atoms in total. The molecule has 0 saturated carbocycles. The molecule has 4 rings (SSSR count). The van der Waals surface area contributed by atoms with Crippen LogP contribution in [0.3, 0.4) is 0 Å². The van der Waals surface area contributed by atoms with Crippen LogP contribution in [0.2, 0.25) is 0 Å². The van der Waals surface area contributed by atoms with Crippen LogP contribution >= 0.6 is 0 Å². The highest BCUT2D eigenvalue weighted by Crippen LogP contribution is 2.26. The summed E-state index contributed by atoms with van der Waals surface area (Å²) in [5.74, 6) is 1.70. The fraction of sp³-hybridized carbons (Fsp3) is 0.400. The Kier molecular flexibility index (Phi) is 7.03. The Bertz CT molecular complexity index is 886. The summed E-state index contributed by atoms with van der Waals surface area (Å²) in [6.45, 7) is 5.33. The number of hydrogen-bond donors (Lipinski definition) is 0. The van der Waals surface area contributed by atoms with Gasteiger partial charge in [0.2, 0.25) is 5.88 Å². The maximum absolute atomic E-state index is 5.78. The Labute approximate surface area is 179 Å². The first-order valence-electron chi connectivity index (χ1n) is 10.9. The van der Waals surface area contributed by atoms with Crippen LogP contribution in [0.5, 0.6) is 5.75 Å². The molecule has 0 unspecified atom stereocenters. The van der Waals surface area contributed by atoms with E-state index in [0.29, 0.717) is 0 Å². The second-order valence-electron chi connectivity index (χ2n) is 7.94. The average Bonchev–Trinajstić information content (AvgIpc) is 3.30. The molecule has 0 amide bonds. The third-order valence-electron chi connectivity index (χ3n) is 5.76. The number of likely N-dealkylation sites (tertiary alicyclic amines) is 1. The van der Waals surface area contributed by atoms with Crippen LogP contribution in [0, 0.1) is 0 Å². The number of anilines is 1. The molecule has 1 saturated heterocycles. The Morgan fingerprint density at radius 2 is 1.77 bits per heavy atom. The summed E-state index contributed by atoms with van der Waals surface area (Å²) in [6.07, 6.45) is 5.15. The molecule has 2 heterocycles.